The average Bonchev–Trinajstić information content (AvgIpc) is 3.04. The standard InChI is InChI=1S/C22H18ClNO6/c1-29-22(28)13-5-3-12(4-6-13)18-17-19(26)15-11-14(23)7-8-16(15)30-20(17)21(27)24(18)9-2-10-25/h3-8,11,18,25H,2,9-10H2,1H3. The number of benzene rings is 2. The van der Waals surface area contributed by atoms with Gasteiger partial charge >= 0.3 is 5.97 Å². The molecular weight excluding hydrogens is 410 g/mol. The van der Waals surface area contributed by atoms with E-state index >= 15 is 0 Å². The number of hydrogen-bond donors (Lipinski definition) is 1. The van der Waals surface area contributed by atoms with E-state index in [0.717, 1.165) is 0 Å². The SMILES string of the molecule is COC(=O)c1ccc(C2c3c(oc4ccc(Cl)cc4c3=O)C(=O)N2CCCO)cc1. The molecule has 30 heavy (non-hydrogen) atoms. The molecule has 1 aromatic heterocycles. The van der Waals surface area contributed by atoms with Crippen LogP contribution in [0.5, 0.6) is 0 Å². The van der Waals surface area contributed by atoms with E-state index in [1.165, 1.54) is 18.1 Å². The fourth-order valence-electron chi connectivity index (χ4n) is 3.73. The third-order valence-electron chi connectivity index (χ3n) is 5.13. The Balaban J connectivity index is 1.90. The number of amides is 1. The van der Waals surface area contributed by atoms with Gasteiger partial charge < -0.3 is 19.2 Å². The molecule has 1 unspecified atom stereocenters. The summed E-state index contributed by atoms with van der Waals surface area (Å²) in [6.07, 6.45) is 0.343. The monoisotopic (exact) mass is 427 g/mol. The maximum absolute atomic E-state index is 13.3. The molecule has 0 saturated heterocycles. The second kappa shape index (κ2) is 7.93. The van der Waals surface area contributed by atoms with Crippen molar-refractivity contribution in [3.8, 4) is 0 Å². The van der Waals surface area contributed by atoms with Gasteiger partial charge in [-0.3, -0.25) is 9.59 Å². The zero-order chi connectivity index (χ0) is 21.4. The summed E-state index contributed by atoms with van der Waals surface area (Å²) in [5.41, 5.74) is 1.15. The fraction of sp³-hybridized carbons (Fsp3) is 0.227. The molecule has 0 spiro atoms. The Bertz CT molecular complexity index is 1200. The van der Waals surface area contributed by atoms with Gasteiger partial charge in [-0.05, 0) is 42.3 Å². The van der Waals surface area contributed by atoms with Crippen molar-refractivity contribution < 1.29 is 23.8 Å². The Labute approximate surface area is 176 Å². The highest BCUT2D eigenvalue weighted by molar-refractivity contribution is 6.31. The summed E-state index contributed by atoms with van der Waals surface area (Å²) in [5.74, 6) is -0.925. The number of rotatable bonds is 5. The van der Waals surface area contributed by atoms with Crippen LogP contribution in [0.1, 0.15) is 44.5 Å². The zero-order valence-electron chi connectivity index (χ0n) is 16.1. The van der Waals surface area contributed by atoms with Gasteiger partial charge in [0.15, 0.2) is 5.43 Å². The number of carbonyl (C=O) groups is 2. The number of carbonyl (C=O) groups excluding carboxylic acids is 2. The first-order chi connectivity index (χ1) is 14.5. The van der Waals surface area contributed by atoms with Gasteiger partial charge in [-0.2, -0.15) is 0 Å². The highest BCUT2D eigenvalue weighted by Crippen LogP contribution is 2.38. The lowest BCUT2D eigenvalue weighted by Crippen LogP contribution is -2.31. The number of aliphatic hydroxyl groups excluding tert-OH is 1. The molecule has 154 valence electrons. The fourth-order valence-corrected chi connectivity index (χ4v) is 3.90. The van der Waals surface area contributed by atoms with E-state index in [-0.39, 0.29) is 40.9 Å². The number of hydrogen-bond acceptors (Lipinski definition) is 6. The highest BCUT2D eigenvalue weighted by Gasteiger charge is 2.42. The topological polar surface area (TPSA) is 97.0 Å². The molecule has 0 bridgehead atoms. The third-order valence-corrected chi connectivity index (χ3v) is 5.37. The first kappa shape index (κ1) is 20.1. The molecule has 8 heteroatoms. The Morgan fingerprint density at radius 1 is 1.20 bits per heavy atom. The van der Waals surface area contributed by atoms with E-state index in [0.29, 0.717) is 22.6 Å². The molecule has 2 aromatic carbocycles. The van der Waals surface area contributed by atoms with Crippen LogP contribution in [0.3, 0.4) is 0 Å². The molecule has 3 aromatic rings. The number of esters is 1. The molecule has 1 atom stereocenters. The lowest BCUT2D eigenvalue weighted by Gasteiger charge is -2.25. The van der Waals surface area contributed by atoms with Gasteiger partial charge in [0.25, 0.3) is 5.91 Å². The van der Waals surface area contributed by atoms with E-state index in [9.17, 15) is 19.5 Å². The van der Waals surface area contributed by atoms with Gasteiger partial charge in [0.1, 0.15) is 5.58 Å². The lowest BCUT2D eigenvalue weighted by atomic mass is 9.97. The van der Waals surface area contributed by atoms with Crippen LogP contribution in [0.25, 0.3) is 11.0 Å². The quantitative estimate of drug-likeness (QED) is 0.628. The van der Waals surface area contributed by atoms with Crippen molar-refractivity contribution in [2.24, 2.45) is 0 Å². The summed E-state index contributed by atoms with van der Waals surface area (Å²) in [7, 11) is 1.29. The Morgan fingerprint density at radius 3 is 2.60 bits per heavy atom. The molecule has 1 amide bonds. The summed E-state index contributed by atoms with van der Waals surface area (Å²) >= 11 is 6.05. The van der Waals surface area contributed by atoms with E-state index in [4.69, 9.17) is 20.8 Å². The van der Waals surface area contributed by atoms with Crippen LogP contribution >= 0.6 is 11.6 Å². The second-order valence-electron chi connectivity index (χ2n) is 6.91. The molecule has 0 radical (unpaired) electrons. The Hall–Kier alpha value is -3.16. The second-order valence-corrected chi connectivity index (χ2v) is 7.34. The first-order valence-electron chi connectivity index (χ1n) is 9.32. The lowest BCUT2D eigenvalue weighted by molar-refractivity contribution is 0.0599. The van der Waals surface area contributed by atoms with Crippen LogP contribution in [0.15, 0.2) is 51.7 Å². The van der Waals surface area contributed by atoms with Gasteiger partial charge in [0.2, 0.25) is 5.76 Å². The van der Waals surface area contributed by atoms with Crippen LogP contribution in [-0.2, 0) is 4.74 Å². The Morgan fingerprint density at radius 2 is 1.93 bits per heavy atom. The minimum atomic E-state index is -0.703. The minimum Gasteiger partial charge on any atom is -0.465 e. The van der Waals surface area contributed by atoms with Gasteiger partial charge in [-0.1, -0.05) is 23.7 Å². The van der Waals surface area contributed by atoms with Crippen molar-refractivity contribution in [3.63, 3.8) is 0 Å². The van der Waals surface area contributed by atoms with Gasteiger partial charge in [0, 0.05) is 18.2 Å². The summed E-state index contributed by atoms with van der Waals surface area (Å²) < 4.78 is 10.5. The maximum Gasteiger partial charge on any atom is 0.337 e. The molecule has 1 N–H and O–H groups in total. The molecular formula is C22H18ClNO6. The summed E-state index contributed by atoms with van der Waals surface area (Å²) in [6.45, 7) is 0.132. The number of nitrogens with zero attached hydrogens (tertiary/aromatic N) is 1. The molecule has 4 rings (SSSR count). The number of methoxy groups -OCH3 is 1. The van der Waals surface area contributed by atoms with Crippen LogP contribution in [-0.4, -0.2) is 42.1 Å². The highest BCUT2D eigenvalue weighted by atomic mass is 35.5. The predicted molar refractivity (Wildman–Crippen MR) is 110 cm³/mol. The van der Waals surface area contributed by atoms with Crippen LogP contribution in [0.2, 0.25) is 5.02 Å². The van der Waals surface area contributed by atoms with Crippen molar-refractivity contribution >= 4 is 34.4 Å². The number of halogens is 1. The molecule has 2 heterocycles. The molecule has 0 aliphatic carbocycles. The van der Waals surface area contributed by atoms with E-state index in [1.54, 1.807) is 36.4 Å². The summed E-state index contributed by atoms with van der Waals surface area (Å²) in [6, 6.07) is 10.5. The van der Waals surface area contributed by atoms with Crippen molar-refractivity contribution in [1.29, 1.82) is 0 Å². The number of aliphatic hydroxyl groups is 1. The minimum absolute atomic E-state index is 0.0187. The van der Waals surface area contributed by atoms with Gasteiger partial charge in [-0.15, -0.1) is 0 Å². The van der Waals surface area contributed by atoms with Crippen LogP contribution < -0.4 is 5.43 Å². The number of fused-ring (bicyclic) bond motifs is 2. The smallest absolute Gasteiger partial charge is 0.337 e. The van der Waals surface area contributed by atoms with Crippen molar-refractivity contribution in [2.45, 2.75) is 12.5 Å². The normalized spacial score (nSPS) is 15.5. The molecule has 1 aliphatic heterocycles. The summed E-state index contributed by atoms with van der Waals surface area (Å²) in [5, 5.41) is 9.93. The zero-order valence-corrected chi connectivity index (χ0v) is 16.8. The third kappa shape index (κ3) is 3.26. The largest absolute Gasteiger partial charge is 0.465 e. The summed E-state index contributed by atoms with van der Waals surface area (Å²) in [4.78, 5) is 39.6. The Kier molecular flexibility index (Phi) is 5.32. The average molecular weight is 428 g/mol. The first-order valence-corrected chi connectivity index (χ1v) is 9.70. The van der Waals surface area contributed by atoms with Crippen molar-refractivity contribution in [3.05, 3.63) is 80.2 Å². The molecule has 7 nitrogen and oxygen atoms in total. The van der Waals surface area contributed by atoms with E-state index in [1.807, 2.05) is 0 Å². The van der Waals surface area contributed by atoms with Crippen molar-refractivity contribution in [1.82, 2.24) is 4.90 Å². The van der Waals surface area contributed by atoms with Gasteiger partial charge in [-0.25, -0.2) is 4.79 Å². The predicted octanol–water partition coefficient (Wildman–Crippen LogP) is 3.16. The van der Waals surface area contributed by atoms with Gasteiger partial charge in [0.05, 0.1) is 29.7 Å². The molecule has 0 saturated carbocycles. The van der Waals surface area contributed by atoms with E-state index in [2.05, 4.69) is 0 Å². The van der Waals surface area contributed by atoms with Crippen LogP contribution in [0, 0.1) is 0 Å². The number of ether oxygens (including phenoxy) is 1. The van der Waals surface area contributed by atoms with Crippen LogP contribution in [0.4, 0.5) is 0 Å². The molecule has 0 fully saturated rings. The maximum atomic E-state index is 13.3. The van der Waals surface area contributed by atoms with E-state index < -0.39 is 17.9 Å². The van der Waals surface area contributed by atoms with Crippen molar-refractivity contribution in [2.75, 3.05) is 20.3 Å². The molecule has 1 aliphatic rings.